The normalized spacial score (nSPS) is 17.6. The van der Waals surface area contributed by atoms with E-state index in [2.05, 4.69) is 0 Å². The van der Waals surface area contributed by atoms with Crippen molar-refractivity contribution in [2.45, 2.75) is 19.4 Å². The van der Waals surface area contributed by atoms with E-state index >= 15 is 0 Å². The molecule has 0 aliphatic carbocycles. The van der Waals surface area contributed by atoms with E-state index < -0.39 is 23.5 Å². The van der Waals surface area contributed by atoms with Gasteiger partial charge in [-0.2, -0.15) is 0 Å². The first kappa shape index (κ1) is 18.0. The van der Waals surface area contributed by atoms with E-state index in [0.29, 0.717) is 24.5 Å². The number of nitrogens with zero attached hydrogens (tertiary/aromatic N) is 2. The van der Waals surface area contributed by atoms with E-state index in [1.807, 2.05) is 19.0 Å². The summed E-state index contributed by atoms with van der Waals surface area (Å²) in [4.78, 5) is 29.0. The Morgan fingerprint density at radius 3 is 2.65 bits per heavy atom. The highest BCUT2D eigenvalue weighted by Gasteiger charge is 2.45. The van der Waals surface area contributed by atoms with Crippen molar-refractivity contribution in [3.05, 3.63) is 59.1 Å². The summed E-state index contributed by atoms with van der Waals surface area (Å²) in [5.74, 6) is -0.456. The minimum absolute atomic E-state index is 0.0100. The first-order valence-electron chi connectivity index (χ1n) is 8.43. The fourth-order valence-corrected chi connectivity index (χ4v) is 3.11. The Morgan fingerprint density at radius 1 is 1.31 bits per heavy atom. The number of carbonyl (C=O) groups excluding carboxylic acids is 2. The third kappa shape index (κ3) is 3.30. The van der Waals surface area contributed by atoms with Crippen molar-refractivity contribution in [2.75, 3.05) is 27.2 Å². The molecule has 3 rings (SSSR count). The molecule has 0 bridgehead atoms. The van der Waals surface area contributed by atoms with Gasteiger partial charge in [-0.3, -0.25) is 9.59 Å². The van der Waals surface area contributed by atoms with E-state index in [9.17, 15) is 14.7 Å². The van der Waals surface area contributed by atoms with Crippen LogP contribution in [0.15, 0.2) is 50.7 Å². The van der Waals surface area contributed by atoms with Crippen molar-refractivity contribution in [3.63, 3.8) is 0 Å². The van der Waals surface area contributed by atoms with E-state index in [4.69, 9.17) is 8.83 Å². The number of hydrogen-bond acceptors (Lipinski definition) is 6. The molecule has 1 unspecified atom stereocenters. The van der Waals surface area contributed by atoms with Crippen LogP contribution >= 0.6 is 0 Å². The summed E-state index contributed by atoms with van der Waals surface area (Å²) in [6.45, 7) is 2.95. The lowest BCUT2D eigenvalue weighted by atomic mass is 9.99. The molecule has 26 heavy (non-hydrogen) atoms. The van der Waals surface area contributed by atoms with Crippen molar-refractivity contribution in [3.8, 4) is 0 Å². The standard InChI is InChI=1S/C19H22N2O5/c1-12-7-8-13(26-12)16-15(17(22)14-6-4-11-25-14)18(23)19(24)21(16)10-5-9-20(2)3/h4,6-8,11,16,23H,5,9-10H2,1-3H3. The second-order valence-electron chi connectivity index (χ2n) is 6.58. The van der Waals surface area contributed by atoms with Gasteiger partial charge in [-0.25, -0.2) is 0 Å². The van der Waals surface area contributed by atoms with Gasteiger partial charge in [-0.05, 0) is 58.3 Å². The van der Waals surface area contributed by atoms with Crippen LogP contribution in [0.5, 0.6) is 0 Å². The first-order valence-corrected chi connectivity index (χ1v) is 8.43. The van der Waals surface area contributed by atoms with Gasteiger partial charge in [0.15, 0.2) is 11.5 Å². The molecule has 7 heteroatoms. The van der Waals surface area contributed by atoms with Crippen LogP contribution in [0, 0.1) is 6.92 Å². The highest BCUT2D eigenvalue weighted by atomic mass is 16.3. The van der Waals surface area contributed by atoms with Crippen molar-refractivity contribution >= 4 is 11.7 Å². The van der Waals surface area contributed by atoms with E-state index in [-0.39, 0.29) is 11.3 Å². The second kappa shape index (κ2) is 7.21. The minimum atomic E-state index is -0.768. The quantitative estimate of drug-likeness (QED) is 0.766. The number of furan rings is 2. The molecule has 1 aliphatic rings. The maximum atomic E-state index is 12.8. The summed E-state index contributed by atoms with van der Waals surface area (Å²) in [5, 5.41) is 10.4. The average molecular weight is 358 g/mol. The summed E-state index contributed by atoms with van der Waals surface area (Å²) in [6, 6.07) is 5.81. The summed E-state index contributed by atoms with van der Waals surface area (Å²) in [5.41, 5.74) is -0.0100. The SMILES string of the molecule is Cc1ccc(C2C(C(=O)c3ccco3)=C(O)C(=O)N2CCCN(C)C)o1. The molecule has 0 saturated carbocycles. The van der Waals surface area contributed by atoms with Crippen LogP contribution in [0.3, 0.4) is 0 Å². The molecular weight excluding hydrogens is 336 g/mol. The van der Waals surface area contributed by atoms with Gasteiger partial charge in [0, 0.05) is 6.54 Å². The van der Waals surface area contributed by atoms with Gasteiger partial charge >= 0.3 is 0 Å². The predicted molar refractivity (Wildman–Crippen MR) is 93.8 cm³/mol. The molecule has 0 spiro atoms. The van der Waals surface area contributed by atoms with E-state index in [0.717, 1.165) is 6.54 Å². The molecule has 2 aromatic heterocycles. The maximum absolute atomic E-state index is 12.8. The number of aryl methyl sites for hydroxylation is 1. The minimum Gasteiger partial charge on any atom is -0.503 e. The lowest BCUT2D eigenvalue weighted by Gasteiger charge is -2.25. The van der Waals surface area contributed by atoms with Gasteiger partial charge in [0.05, 0.1) is 11.8 Å². The zero-order valence-corrected chi connectivity index (χ0v) is 15.1. The molecule has 0 radical (unpaired) electrons. The zero-order valence-electron chi connectivity index (χ0n) is 15.1. The Labute approximate surface area is 151 Å². The molecule has 0 fully saturated rings. The molecule has 138 valence electrons. The largest absolute Gasteiger partial charge is 0.503 e. The Hall–Kier alpha value is -2.80. The third-order valence-corrected chi connectivity index (χ3v) is 4.33. The fourth-order valence-electron chi connectivity index (χ4n) is 3.11. The number of ketones is 1. The van der Waals surface area contributed by atoms with Gasteiger partial charge in [0.1, 0.15) is 17.6 Å². The van der Waals surface area contributed by atoms with Crippen molar-refractivity contribution in [2.24, 2.45) is 0 Å². The third-order valence-electron chi connectivity index (χ3n) is 4.33. The number of carbonyl (C=O) groups is 2. The molecule has 2 aromatic rings. The number of amides is 1. The Balaban J connectivity index is 1.97. The second-order valence-corrected chi connectivity index (χ2v) is 6.58. The van der Waals surface area contributed by atoms with Gasteiger partial charge in [-0.15, -0.1) is 0 Å². The smallest absolute Gasteiger partial charge is 0.290 e. The van der Waals surface area contributed by atoms with Gasteiger partial charge in [-0.1, -0.05) is 0 Å². The number of Topliss-reactive ketones (excluding diaryl/α,β-unsaturated/α-hetero) is 1. The van der Waals surface area contributed by atoms with Crippen molar-refractivity contribution in [1.29, 1.82) is 0 Å². The molecule has 1 N–H and O–H groups in total. The maximum Gasteiger partial charge on any atom is 0.290 e. The van der Waals surface area contributed by atoms with Crippen molar-refractivity contribution < 1.29 is 23.5 Å². The molecular formula is C19H22N2O5. The van der Waals surface area contributed by atoms with Gasteiger partial charge in [0.25, 0.3) is 5.91 Å². The zero-order chi connectivity index (χ0) is 18.8. The fraction of sp³-hybridized carbons (Fsp3) is 0.368. The predicted octanol–water partition coefficient (Wildman–Crippen LogP) is 2.71. The molecule has 1 amide bonds. The van der Waals surface area contributed by atoms with Crippen LogP contribution in [0.1, 0.15) is 34.5 Å². The number of aliphatic hydroxyl groups is 1. The topological polar surface area (TPSA) is 87.1 Å². The molecule has 0 saturated heterocycles. The molecule has 1 atom stereocenters. The molecule has 0 aromatic carbocycles. The highest BCUT2D eigenvalue weighted by molar-refractivity contribution is 6.14. The monoisotopic (exact) mass is 358 g/mol. The van der Waals surface area contributed by atoms with Gasteiger partial charge in [0.2, 0.25) is 5.78 Å². The van der Waals surface area contributed by atoms with Crippen LogP contribution in [0.25, 0.3) is 0 Å². The lowest BCUT2D eigenvalue weighted by molar-refractivity contribution is -0.129. The van der Waals surface area contributed by atoms with E-state index in [1.54, 1.807) is 25.1 Å². The number of rotatable bonds is 7. The Bertz CT molecular complexity index is 832. The number of aliphatic hydroxyl groups excluding tert-OH is 1. The Morgan fingerprint density at radius 2 is 2.08 bits per heavy atom. The molecule has 1 aliphatic heterocycles. The average Bonchev–Trinajstić information content (AvgIpc) is 3.30. The summed E-state index contributed by atoms with van der Waals surface area (Å²) >= 11 is 0. The molecule has 7 nitrogen and oxygen atoms in total. The summed E-state index contributed by atoms with van der Waals surface area (Å²) in [7, 11) is 3.89. The number of hydrogen-bond donors (Lipinski definition) is 1. The summed E-state index contributed by atoms with van der Waals surface area (Å²) in [6.07, 6.45) is 2.08. The van der Waals surface area contributed by atoms with Crippen LogP contribution in [-0.2, 0) is 4.79 Å². The van der Waals surface area contributed by atoms with Crippen molar-refractivity contribution in [1.82, 2.24) is 9.80 Å². The highest BCUT2D eigenvalue weighted by Crippen LogP contribution is 2.39. The van der Waals surface area contributed by atoms with Crippen LogP contribution < -0.4 is 0 Å². The van der Waals surface area contributed by atoms with Crippen LogP contribution in [0.2, 0.25) is 0 Å². The first-order chi connectivity index (χ1) is 12.4. The summed E-state index contributed by atoms with van der Waals surface area (Å²) < 4.78 is 10.9. The van der Waals surface area contributed by atoms with E-state index in [1.165, 1.54) is 17.2 Å². The van der Waals surface area contributed by atoms with Crippen LogP contribution in [-0.4, -0.2) is 53.8 Å². The Kier molecular flexibility index (Phi) is 4.99. The lowest BCUT2D eigenvalue weighted by Crippen LogP contribution is -2.33. The van der Waals surface area contributed by atoms with Gasteiger partial charge < -0.3 is 23.7 Å². The molecule has 3 heterocycles. The van der Waals surface area contributed by atoms with Crippen LogP contribution in [0.4, 0.5) is 0 Å².